The zero-order valence-corrected chi connectivity index (χ0v) is 13.1. The Hall–Kier alpha value is -2.32. The van der Waals surface area contributed by atoms with E-state index in [1.54, 1.807) is 12.1 Å². The molecule has 0 spiro atoms. The topological polar surface area (TPSA) is 89.5 Å². The van der Waals surface area contributed by atoms with E-state index < -0.39 is 12.1 Å². The highest BCUT2D eigenvalue weighted by Crippen LogP contribution is 2.12. The Bertz CT molecular complexity index is 471. The van der Waals surface area contributed by atoms with Crippen LogP contribution in [0.15, 0.2) is 24.3 Å². The third kappa shape index (κ3) is 8.03. The molecule has 1 aromatic rings. The van der Waals surface area contributed by atoms with Crippen molar-refractivity contribution in [2.24, 2.45) is 0 Å². The van der Waals surface area contributed by atoms with Gasteiger partial charge in [0.25, 0.3) is 0 Å². The van der Waals surface area contributed by atoms with Crippen LogP contribution in [0.5, 0.6) is 5.75 Å². The van der Waals surface area contributed by atoms with Crippen LogP contribution in [0.25, 0.3) is 0 Å². The van der Waals surface area contributed by atoms with Crippen molar-refractivity contribution in [3.8, 4) is 5.75 Å². The lowest BCUT2D eigenvalue weighted by atomic mass is 10.2. The molecule has 0 atom stereocenters. The van der Waals surface area contributed by atoms with Gasteiger partial charge < -0.3 is 14.2 Å². The lowest BCUT2D eigenvalue weighted by Gasteiger charge is -2.05. The quantitative estimate of drug-likeness (QED) is 0.280. The fourth-order valence-electron chi connectivity index (χ4n) is 1.43. The maximum absolute atomic E-state index is 11.6. The molecule has 1 rings (SSSR count). The third-order valence-electron chi connectivity index (χ3n) is 2.41. The average molecular weight is 328 g/mol. The van der Waals surface area contributed by atoms with Gasteiger partial charge in [-0.05, 0) is 37.6 Å². The average Bonchev–Trinajstić information content (AvgIpc) is 2.55. The van der Waals surface area contributed by atoms with E-state index in [0.29, 0.717) is 19.0 Å². The van der Waals surface area contributed by atoms with Gasteiger partial charge in [-0.25, -0.2) is 14.5 Å². The van der Waals surface area contributed by atoms with Crippen molar-refractivity contribution in [1.82, 2.24) is 0 Å². The Balaban J connectivity index is 2.19. The molecule has 128 valence electrons. The molecule has 1 aromatic carbocycles. The summed E-state index contributed by atoms with van der Waals surface area (Å²) in [5, 5.41) is 4.07. The van der Waals surface area contributed by atoms with Gasteiger partial charge in [-0.3, -0.25) is 4.89 Å². The number of hydrogen-bond donors (Lipinski definition) is 0. The summed E-state index contributed by atoms with van der Waals surface area (Å²) in [6.45, 7) is 5.16. The molecule has 0 amide bonds. The Kier molecular flexibility index (Phi) is 9.18. The molecule has 0 radical (unpaired) electrons. The molecule has 0 aromatic heterocycles. The first kappa shape index (κ1) is 18.7. The molecule has 0 saturated heterocycles. The third-order valence-corrected chi connectivity index (χ3v) is 2.41. The fraction of sp³-hybridized carbons (Fsp3) is 0.467. The van der Waals surface area contributed by atoms with Crippen LogP contribution in [0.3, 0.4) is 0 Å². The molecular formula is C15H20O8. The molecule has 23 heavy (non-hydrogen) atoms. The fourth-order valence-corrected chi connectivity index (χ4v) is 1.43. The van der Waals surface area contributed by atoms with Gasteiger partial charge in [0.15, 0.2) is 0 Å². The Labute approximate surface area is 134 Å². The van der Waals surface area contributed by atoms with Crippen LogP contribution in [0.1, 0.15) is 30.6 Å². The zero-order valence-electron chi connectivity index (χ0n) is 13.1. The van der Waals surface area contributed by atoms with Crippen LogP contribution < -0.4 is 4.74 Å². The second kappa shape index (κ2) is 11.3. The lowest BCUT2D eigenvalue weighted by molar-refractivity contribution is -0.452. The van der Waals surface area contributed by atoms with E-state index in [9.17, 15) is 9.59 Å². The lowest BCUT2D eigenvalue weighted by Crippen LogP contribution is -2.14. The predicted molar refractivity (Wildman–Crippen MR) is 77.7 cm³/mol. The summed E-state index contributed by atoms with van der Waals surface area (Å²) in [6, 6.07) is 6.18. The first-order chi connectivity index (χ1) is 11.2. The van der Waals surface area contributed by atoms with Gasteiger partial charge in [-0.1, -0.05) is 6.92 Å². The first-order valence-electron chi connectivity index (χ1n) is 7.20. The number of carbonyl (C=O) groups excluding carboxylic acids is 2. The summed E-state index contributed by atoms with van der Waals surface area (Å²) < 4.78 is 14.9. The molecule has 8 heteroatoms. The smallest absolute Gasteiger partial charge is 0.494 e. The molecule has 0 aliphatic carbocycles. The van der Waals surface area contributed by atoms with E-state index in [-0.39, 0.29) is 18.8 Å². The molecular weight excluding hydrogens is 308 g/mol. The Morgan fingerprint density at radius 3 is 2.35 bits per heavy atom. The summed E-state index contributed by atoms with van der Waals surface area (Å²) in [6.07, 6.45) is -0.265. The molecule has 0 aliphatic heterocycles. The highest BCUT2D eigenvalue weighted by Gasteiger charge is 2.12. The van der Waals surface area contributed by atoms with Gasteiger partial charge in [0.2, 0.25) is 0 Å². The van der Waals surface area contributed by atoms with Crippen molar-refractivity contribution in [3.63, 3.8) is 0 Å². The number of rotatable bonds is 10. The van der Waals surface area contributed by atoms with E-state index in [2.05, 4.69) is 19.6 Å². The minimum absolute atomic E-state index is 0.00896. The monoisotopic (exact) mass is 328 g/mol. The van der Waals surface area contributed by atoms with Crippen LogP contribution >= 0.6 is 0 Å². The van der Waals surface area contributed by atoms with Crippen LogP contribution in [-0.2, 0) is 24.3 Å². The minimum Gasteiger partial charge on any atom is -0.494 e. The van der Waals surface area contributed by atoms with E-state index in [1.165, 1.54) is 12.1 Å². The zero-order chi connectivity index (χ0) is 16.9. The van der Waals surface area contributed by atoms with Gasteiger partial charge >= 0.3 is 12.1 Å². The van der Waals surface area contributed by atoms with Crippen molar-refractivity contribution in [1.29, 1.82) is 0 Å². The van der Waals surface area contributed by atoms with Crippen molar-refractivity contribution in [2.45, 2.75) is 20.3 Å². The molecule has 0 aliphatic rings. The van der Waals surface area contributed by atoms with E-state index in [0.717, 1.165) is 6.42 Å². The normalized spacial score (nSPS) is 10.0. The van der Waals surface area contributed by atoms with Crippen LogP contribution in [0.2, 0.25) is 0 Å². The molecule has 8 nitrogen and oxygen atoms in total. The summed E-state index contributed by atoms with van der Waals surface area (Å²) in [5.74, 6) is -0.206. The summed E-state index contributed by atoms with van der Waals surface area (Å²) >= 11 is 0. The number of ether oxygens (including phenoxy) is 3. The number of carbonyl (C=O) groups is 2. The largest absolute Gasteiger partial charge is 0.543 e. The molecule has 0 saturated carbocycles. The molecule has 0 bridgehead atoms. The van der Waals surface area contributed by atoms with Crippen molar-refractivity contribution in [2.75, 3.05) is 26.4 Å². The van der Waals surface area contributed by atoms with Crippen LogP contribution in [0, 0.1) is 0 Å². The molecule has 0 unspecified atom stereocenters. The Morgan fingerprint density at radius 2 is 1.70 bits per heavy atom. The summed E-state index contributed by atoms with van der Waals surface area (Å²) in [7, 11) is 0. The SMILES string of the molecule is CCCOCCOC(=O)OOOC(=O)c1ccc(OCC)cc1. The van der Waals surface area contributed by atoms with Crippen molar-refractivity contribution < 1.29 is 38.6 Å². The number of hydrogen-bond acceptors (Lipinski definition) is 8. The highest BCUT2D eigenvalue weighted by atomic mass is 17.5. The highest BCUT2D eigenvalue weighted by molar-refractivity contribution is 5.89. The molecule has 0 fully saturated rings. The van der Waals surface area contributed by atoms with Gasteiger partial charge in [-0.15, -0.1) is 0 Å². The molecule has 0 N–H and O–H groups in total. The maximum Gasteiger partial charge on any atom is 0.543 e. The predicted octanol–water partition coefficient (Wildman–Crippen LogP) is 2.67. The van der Waals surface area contributed by atoms with E-state index in [4.69, 9.17) is 9.47 Å². The van der Waals surface area contributed by atoms with E-state index in [1.807, 2.05) is 13.8 Å². The number of benzene rings is 1. The van der Waals surface area contributed by atoms with Gasteiger partial charge in [0.1, 0.15) is 12.4 Å². The van der Waals surface area contributed by atoms with E-state index >= 15 is 0 Å². The molecule has 0 heterocycles. The van der Waals surface area contributed by atoms with Gasteiger partial charge in [0.05, 0.1) is 23.8 Å². The van der Waals surface area contributed by atoms with Crippen molar-refractivity contribution in [3.05, 3.63) is 29.8 Å². The summed E-state index contributed by atoms with van der Waals surface area (Å²) in [5.41, 5.74) is 0.207. The second-order valence-electron chi connectivity index (χ2n) is 4.19. The van der Waals surface area contributed by atoms with Crippen molar-refractivity contribution >= 4 is 12.1 Å². The van der Waals surface area contributed by atoms with Gasteiger partial charge in [0, 0.05) is 6.61 Å². The second-order valence-corrected chi connectivity index (χ2v) is 4.19. The summed E-state index contributed by atoms with van der Waals surface area (Å²) in [4.78, 5) is 31.1. The first-order valence-corrected chi connectivity index (χ1v) is 7.20. The van der Waals surface area contributed by atoms with Crippen LogP contribution in [0.4, 0.5) is 4.79 Å². The van der Waals surface area contributed by atoms with Crippen LogP contribution in [-0.4, -0.2) is 38.6 Å². The minimum atomic E-state index is -1.13. The Morgan fingerprint density at radius 1 is 0.957 bits per heavy atom. The maximum atomic E-state index is 11.6. The van der Waals surface area contributed by atoms with Gasteiger partial charge in [-0.2, -0.15) is 0 Å². The standard InChI is InChI=1S/C15H20O8/c1-3-9-18-10-11-20-15(17)22-23-21-14(16)12-5-7-13(8-6-12)19-4-2/h5-8H,3-4,9-11H2,1-2H3.